The number of hydrogen-bond donors (Lipinski definition) is 2. The van der Waals surface area contributed by atoms with E-state index in [4.69, 9.17) is 5.11 Å². The molecule has 0 radical (unpaired) electrons. The zero-order valence-electron chi connectivity index (χ0n) is 11.3. The van der Waals surface area contributed by atoms with Gasteiger partial charge in [-0.05, 0) is 48.9 Å². The lowest BCUT2D eigenvalue weighted by atomic mass is 9.97. The van der Waals surface area contributed by atoms with E-state index in [-0.39, 0.29) is 29.1 Å². The molecule has 0 spiro atoms. The van der Waals surface area contributed by atoms with Crippen LogP contribution < -0.4 is 0 Å². The molecule has 0 aliphatic heterocycles. The summed E-state index contributed by atoms with van der Waals surface area (Å²) in [6.07, 6.45) is -0.378. The fourth-order valence-corrected chi connectivity index (χ4v) is 2.05. The summed E-state index contributed by atoms with van der Waals surface area (Å²) in [5.74, 6) is -2.03. The average molecular weight is 288 g/mol. The molecule has 2 aromatic carbocycles. The predicted molar refractivity (Wildman–Crippen MR) is 74.0 cm³/mol. The van der Waals surface area contributed by atoms with Gasteiger partial charge >= 0.3 is 5.97 Å². The summed E-state index contributed by atoms with van der Waals surface area (Å²) in [7, 11) is 0. The number of hydrogen-bond acceptors (Lipinski definition) is 3. The standard InChI is InChI=1S/C16H13FO4/c1-9-6-11(7-12(15(9)20)8-14(18)19)16(21)10-2-4-13(17)5-3-10/h2-7,20H,8H2,1H3,(H,18,19). The van der Waals surface area contributed by atoms with Gasteiger partial charge in [0.25, 0.3) is 0 Å². The van der Waals surface area contributed by atoms with Crippen molar-refractivity contribution in [2.45, 2.75) is 13.3 Å². The van der Waals surface area contributed by atoms with Crippen molar-refractivity contribution in [2.75, 3.05) is 0 Å². The Bertz CT molecular complexity index is 705. The molecular weight excluding hydrogens is 275 g/mol. The Hall–Kier alpha value is -2.69. The smallest absolute Gasteiger partial charge is 0.307 e. The van der Waals surface area contributed by atoms with Gasteiger partial charge < -0.3 is 10.2 Å². The molecule has 0 unspecified atom stereocenters. The van der Waals surface area contributed by atoms with Gasteiger partial charge in [-0.2, -0.15) is 0 Å². The molecule has 2 aromatic rings. The first-order valence-electron chi connectivity index (χ1n) is 6.23. The Labute approximate surface area is 120 Å². The highest BCUT2D eigenvalue weighted by atomic mass is 19.1. The number of phenols is 1. The monoisotopic (exact) mass is 288 g/mol. The third kappa shape index (κ3) is 3.25. The van der Waals surface area contributed by atoms with E-state index in [1.54, 1.807) is 6.92 Å². The molecule has 2 N–H and O–H groups in total. The van der Waals surface area contributed by atoms with Crippen LogP contribution in [0.25, 0.3) is 0 Å². The summed E-state index contributed by atoms with van der Waals surface area (Å²) < 4.78 is 12.9. The van der Waals surface area contributed by atoms with Crippen LogP contribution in [0.4, 0.5) is 4.39 Å². The third-order valence-electron chi connectivity index (χ3n) is 3.09. The van der Waals surface area contributed by atoms with E-state index in [1.165, 1.54) is 36.4 Å². The molecule has 0 heterocycles. The van der Waals surface area contributed by atoms with E-state index in [2.05, 4.69) is 0 Å². The van der Waals surface area contributed by atoms with E-state index < -0.39 is 11.8 Å². The van der Waals surface area contributed by atoms with Gasteiger partial charge in [0, 0.05) is 16.7 Å². The van der Waals surface area contributed by atoms with Crippen LogP contribution in [-0.4, -0.2) is 22.0 Å². The first-order chi connectivity index (χ1) is 9.88. The highest BCUT2D eigenvalue weighted by Crippen LogP contribution is 2.26. The number of benzene rings is 2. The molecule has 4 nitrogen and oxygen atoms in total. The maximum absolute atomic E-state index is 12.9. The fraction of sp³-hybridized carbons (Fsp3) is 0.125. The Morgan fingerprint density at radius 1 is 1.10 bits per heavy atom. The van der Waals surface area contributed by atoms with Gasteiger partial charge in [-0.1, -0.05) is 0 Å². The quantitative estimate of drug-likeness (QED) is 0.848. The SMILES string of the molecule is Cc1cc(C(=O)c2ccc(F)cc2)cc(CC(=O)O)c1O. The van der Waals surface area contributed by atoms with Crippen LogP contribution in [0.15, 0.2) is 36.4 Å². The Morgan fingerprint density at radius 3 is 2.29 bits per heavy atom. The normalized spacial score (nSPS) is 10.4. The minimum atomic E-state index is -1.10. The molecule has 0 fully saturated rings. The highest BCUT2D eigenvalue weighted by Gasteiger charge is 2.15. The lowest BCUT2D eigenvalue weighted by Crippen LogP contribution is -2.06. The summed E-state index contributed by atoms with van der Waals surface area (Å²) in [5.41, 5.74) is 1.14. The minimum absolute atomic E-state index is 0.131. The predicted octanol–water partition coefficient (Wildman–Crippen LogP) is 2.70. The van der Waals surface area contributed by atoms with Gasteiger partial charge in [0.15, 0.2) is 5.78 Å². The Kier molecular flexibility index (Phi) is 4.03. The third-order valence-corrected chi connectivity index (χ3v) is 3.09. The van der Waals surface area contributed by atoms with Crippen LogP contribution in [0.1, 0.15) is 27.0 Å². The van der Waals surface area contributed by atoms with Crippen molar-refractivity contribution in [1.82, 2.24) is 0 Å². The number of carboxylic acids is 1. The van der Waals surface area contributed by atoms with E-state index >= 15 is 0 Å². The molecular formula is C16H13FO4. The number of carboxylic acid groups (broad SMARTS) is 1. The topological polar surface area (TPSA) is 74.6 Å². The van der Waals surface area contributed by atoms with E-state index in [0.717, 1.165) is 0 Å². The number of aryl methyl sites for hydroxylation is 1. The number of ketones is 1. The maximum atomic E-state index is 12.9. The second-order valence-corrected chi connectivity index (χ2v) is 4.71. The van der Waals surface area contributed by atoms with Gasteiger partial charge in [0.05, 0.1) is 6.42 Å². The molecule has 5 heteroatoms. The molecule has 0 atom stereocenters. The largest absolute Gasteiger partial charge is 0.507 e. The zero-order chi connectivity index (χ0) is 15.6. The summed E-state index contributed by atoms with van der Waals surface area (Å²) in [6.45, 7) is 1.59. The molecule has 0 amide bonds. The number of carbonyl (C=O) groups is 2. The van der Waals surface area contributed by atoms with Crippen LogP contribution in [0, 0.1) is 12.7 Å². The van der Waals surface area contributed by atoms with Crippen LogP contribution in [0.3, 0.4) is 0 Å². The van der Waals surface area contributed by atoms with Crippen LogP contribution in [-0.2, 0) is 11.2 Å². The Balaban J connectivity index is 2.43. The van der Waals surface area contributed by atoms with Gasteiger partial charge in [0.1, 0.15) is 11.6 Å². The number of aromatic hydroxyl groups is 1. The van der Waals surface area contributed by atoms with E-state index in [0.29, 0.717) is 11.1 Å². The lowest BCUT2D eigenvalue weighted by molar-refractivity contribution is -0.136. The first kappa shape index (κ1) is 14.7. The van der Waals surface area contributed by atoms with Crippen LogP contribution in [0.2, 0.25) is 0 Å². The molecule has 0 saturated heterocycles. The van der Waals surface area contributed by atoms with E-state index in [9.17, 15) is 19.1 Å². The number of aliphatic carboxylic acids is 1. The molecule has 108 valence electrons. The fourth-order valence-electron chi connectivity index (χ4n) is 2.05. The summed E-state index contributed by atoms with van der Waals surface area (Å²) in [5, 5.41) is 18.7. The van der Waals surface area contributed by atoms with E-state index in [1.807, 2.05) is 0 Å². The van der Waals surface area contributed by atoms with Crippen molar-refractivity contribution < 1.29 is 24.2 Å². The first-order valence-corrected chi connectivity index (χ1v) is 6.23. The van der Waals surface area contributed by atoms with Crippen molar-refractivity contribution in [1.29, 1.82) is 0 Å². The van der Waals surface area contributed by atoms with Crippen molar-refractivity contribution in [3.63, 3.8) is 0 Å². The molecule has 0 aliphatic rings. The van der Waals surface area contributed by atoms with Gasteiger partial charge in [-0.3, -0.25) is 9.59 Å². The molecule has 0 bridgehead atoms. The maximum Gasteiger partial charge on any atom is 0.307 e. The van der Waals surface area contributed by atoms with Gasteiger partial charge in [-0.25, -0.2) is 4.39 Å². The van der Waals surface area contributed by atoms with Gasteiger partial charge in [-0.15, -0.1) is 0 Å². The van der Waals surface area contributed by atoms with Crippen LogP contribution >= 0.6 is 0 Å². The molecule has 0 saturated carbocycles. The molecule has 0 aromatic heterocycles. The number of phenolic OH excluding ortho intramolecular Hbond substituents is 1. The molecule has 21 heavy (non-hydrogen) atoms. The van der Waals surface area contributed by atoms with Crippen LogP contribution in [0.5, 0.6) is 5.75 Å². The minimum Gasteiger partial charge on any atom is -0.507 e. The van der Waals surface area contributed by atoms with Crippen molar-refractivity contribution >= 4 is 11.8 Å². The summed E-state index contributed by atoms with van der Waals surface area (Å²) in [4.78, 5) is 23.1. The van der Waals surface area contributed by atoms with Crippen molar-refractivity contribution in [2.24, 2.45) is 0 Å². The Morgan fingerprint density at radius 2 is 1.71 bits per heavy atom. The van der Waals surface area contributed by atoms with Crippen molar-refractivity contribution in [3.8, 4) is 5.75 Å². The summed E-state index contributed by atoms with van der Waals surface area (Å²) >= 11 is 0. The number of rotatable bonds is 4. The zero-order valence-corrected chi connectivity index (χ0v) is 11.3. The molecule has 2 rings (SSSR count). The summed E-state index contributed by atoms with van der Waals surface area (Å²) in [6, 6.07) is 7.90. The lowest BCUT2D eigenvalue weighted by Gasteiger charge is -2.09. The second-order valence-electron chi connectivity index (χ2n) is 4.71. The number of halogens is 1. The highest BCUT2D eigenvalue weighted by molar-refractivity contribution is 6.09. The number of carbonyl (C=O) groups excluding carboxylic acids is 1. The second kappa shape index (κ2) is 5.75. The van der Waals surface area contributed by atoms with Crippen molar-refractivity contribution in [3.05, 3.63) is 64.5 Å². The average Bonchev–Trinajstić information content (AvgIpc) is 2.43. The van der Waals surface area contributed by atoms with Gasteiger partial charge in [0.2, 0.25) is 0 Å². The molecule has 0 aliphatic carbocycles.